The van der Waals surface area contributed by atoms with Crippen LogP contribution in [-0.4, -0.2) is 68.7 Å². The predicted octanol–water partition coefficient (Wildman–Crippen LogP) is 0.0958. The van der Waals surface area contributed by atoms with Gasteiger partial charge in [0.25, 0.3) is 0 Å². The van der Waals surface area contributed by atoms with Crippen LogP contribution >= 0.6 is 0 Å². The second-order valence-electron chi connectivity index (χ2n) is 6.19. The molecule has 5 nitrogen and oxygen atoms in total. The van der Waals surface area contributed by atoms with E-state index >= 15 is 0 Å². The Labute approximate surface area is 116 Å². The SMILES string of the molecule is O=S(=O)(CCNC1CC1)N1CCN(CC2CC2)CC1. The van der Waals surface area contributed by atoms with E-state index in [0.29, 0.717) is 25.7 Å². The van der Waals surface area contributed by atoms with Crippen LogP contribution in [0.3, 0.4) is 0 Å². The second kappa shape index (κ2) is 5.68. The van der Waals surface area contributed by atoms with Crippen LogP contribution in [0.1, 0.15) is 25.7 Å². The van der Waals surface area contributed by atoms with E-state index in [2.05, 4.69) is 10.2 Å². The van der Waals surface area contributed by atoms with Gasteiger partial charge < -0.3 is 10.2 Å². The highest BCUT2D eigenvalue weighted by molar-refractivity contribution is 7.89. The van der Waals surface area contributed by atoms with Gasteiger partial charge in [-0.2, -0.15) is 4.31 Å². The number of nitrogens with one attached hydrogen (secondary N) is 1. The zero-order valence-electron chi connectivity index (χ0n) is 11.6. The third kappa shape index (κ3) is 4.15. The Kier molecular flexibility index (Phi) is 4.12. The molecule has 0 radical (unpaired) electrons. The molecule has 6 heteroatoms. The highest BCUT2D eigenvalue weighted by Gasteiger charge is 2.30. The van der Waals surface area contributed by atoms with Gasteiger partial charge in [-0.1, -0.05) is 0 Å². The molecule has 0 unspecified atom stereocenters. The fourth-order valence-corrected chi connectivity index (χ4v) is 4.02. The molecule has 0 amide bonds. The molecule has 0 aromatic rings. The van der Waals surface area contributed by atoms with Gasteiger partial charge in [0.2, 0.25) is 10.0 Å². The Hall–Kier alpha value is -0.170. The van der Waals surface area contributed by atoms with Gasteiger partial charge in [0.1, 0.15) is 0 Å². The lowest BCUT2D eigenvalue weighted by Crippen LogP contribution is -2.50. The molecule has 1 saturated heterocycles. The largest absolute Gasteiger partial charge is 0.313 e. The van der Waals surface area contributed by atoms with E-state index in [4.69, 9.17) is 0 Å². The lowest BCUT2D eigenvalue weighted by Gasteiger charge is -2.34. The van der Waals surface area contributed by atoms with Crippen molar-refractivity contribution in [2.75, 3.05) is 45.0 Å². The number of sulfonamides is 1. The van der Waals surface area contributed by atoms with Gasteiger partial charge in [0, 0.05) is 45.3 Å². The fraction of sp³-hybridized carbons (Fsp3) is 1.00. The lowest BCUT2D eigenvalue weighted by atomic mass is 10.3. The number of hydrogen-bond donors (Lipinski definition) is 1. The summed E-state index contributed by atoms with van der Waals surface area (Å²) < 4.78 is 26.1. The molecular formula is C13H25N3O2S. The Morgan fingerprint density at radius 1 is 1.00 bits per heavy atom. The Morgan fingerprint density at radius 3 is 2.26 bits per heavy atom. The van der Waals surface area contributed by atoms with Crippen molar-refractivity contribution in [1.29, 1.82) is 0 Å². The van der Waals surface area contributed by atoms with Crippen LogP contribution < -0.4 is 5.32 Å². The standard InChI is InChI=1S/C13H25N3O2S/c17-19(18,10-5-14-13-3-4-13)16-8-6-15(7-9-16)11-12-1-2-12/h12-14H,1-11H2. The van der Waals surface area contributed by atoms with Crippen LogP contribution in [0.4, 0.5) is 0 Å². The summed E-state index contributed by atoms with van der Waals surface area (Å²) in [6, 6.07) is 0.589. The number of nitrogens with zero attached hydrogens (tertiary/aromatic N) is 2. The van der Waals surface area contributed by atoms with Crippen molar-refractivity contribution in [2.45, 2.75) is 31.7 Å². The maximum atomic E-state index is 12.2. The van der Waals surface area contributed by atoms with E-state index < -0.39 is 10.0 Å². The highest BCUT2D eigenvalue weighted by Crippen LogP contribution is 2.30. The zero-order valence-corrected chi connectivity index (χ0v) is 12.4. The quantitative estimate of drug-likeness (QED) is 0.721. The van der Waals surface area contributed by atoms with Gasteiger partial charge in [0.05, 0.1) is 5.75 Å². The topological polar surface area (TPSA) is 52.7 Å². The summed E-state index contributed by atoms with van der Waals surface area (Å²) in [6.07, 6.45) is 5.15. The van der Waals surface area contributed by atoms with Crippen molar-refractivity contribution in [1.82, 2.24) is 14.5 Å². The van der Waals surface area contributed by atoms with E-state index in [0.717, 1.165) is 19.0 Å². The number of piperazine rings is 1. The van der Waals surface area contributed by atoms with Gasteiger partial charge in [-0.25, -0.2) is 8.42 Å². The summed E-state index contributed by atoms with van der Waals surface area (Å²) in [6.45, 7) is 4.96. The molecule has 1 N–H and O–H groups in total. The van der Waals surface area contributed by atoms with Gasteiger partial charge in [-0.3, -0.25) is 0 Å². The first-order valence-electron chi connectivity index (χ1n) is 7.57. The minimum absolute atomic E-state index is 0.256. The van der Waals surface area contributed by atoms with Crippen LogP contribution in [0.25, 0.3) is 0 Å². The Morgan fingerprint density at radius 2 is 1.68 bits per heavy atom. The summed E-state index contributed by atoms with van der Waals surface area (Å²) in [7, 11) is -3.04. The van der Waals surface area contributed by atoms with Crippen LogP contribution in [0.15, 0.2) is 0 Å². The first-order valence-corrected chi connectivity index (χ1v) is 9.18. The molecule has 1 heterocycles. The van der Waals surface area contributed by atoms with E-state index in [-0.39, 0.29) is 5.75 Å². The molecule has 110 valence electrons. The summed E-state index contributed by atoms with van der Waals surface area (Å²) >= 11 is 0. The fourth-order valence-electron chi connectivity index (χ4n) is 2.66. The average Bonchev–Trinajstić information content (AvgIpc) is 3.24. The molecule has 19 heavy (non-hydrogen) atoms. The second-order valence-corrected chi connectivity index (χ2v) is 8.28. The van der Waals surface area contributed by atoms with Crippen molar-refractivity contribution in [2.24, 2.45) is 5.92 Å². The average molecular weight is 287 g/mol. The van der Waals surface area contributed by atoms with Crippen LogP contribution in [0.5, 0.6) is 0 Å². The minimum atomic E-state index is -3.04. The zero-order chi connectivity index (χ0) is 13.3. The molecule has 0 spiro atoms. The summed E-state index contributed by atoms with van der Waals surface area (Å²) in [4.78, 5) is 2.42. The van der Waals surface area contributed by atoms with Crippen molar-refractivity contribution in [3.63, 3.8) is 0 Å². The molecule has 0 aromatic heterocycles. The van der Waals surface area contributed by atoms with Crippen molar-refractivity contribution in [3.05, 3.63) is 0 Å². The monoisotopic (exact) mass is 287 g/mol. The van der Waals surface area contributed by atoms with Gasteiger partial charge in [-0.05, 0) is 31.6 Å². The maximum absolute atomic E-state index is 12.2. The summed E-state index contributed by atoms with van der Waals surface area (Å²) in [5.41, 5.74) is 0. The normalized spacial score (nSPS) is 26.7. The van der Waals surface area contributed by atoms with E-state index in [1.807, 2.05) is 0 Å². The molecule has 0 aromatic carbocycles. The number of hydrogen-bond acceptors (Lipinski definition) is 4. The van der Waals surface area contributed by atoms with Crippen molar-refractivity contribution >= 4 is 10.0 Å². The van der Waals surface area contributed by atoms with Crippen molar-refractivity contribution < 1.29 is 8.42 Å². The van der Waals surface area contributed by atoms with Gasteiger partial charge in [0.15, 0.2) is 0 Å². The molecule has 1 aliphatic heterocycles. The summed E-state index contributed by atoms with van der Waals surface area (Å²) in [5.74, 6) is 1.15. The molecule has 3 fully saturated rings. The molecular weight excluding hydrogens is 262 g/mol. The third-order valence-electron chi connectivity index (χ3n) is 4.31. The van der Waals surface area contributed by atoms with Crippen molar-refractivity contribution in [3.8, 4) is 0 Å². The van der Waals surface area contributed by atoms with E-state index in [9.17, 15) is 8.42 Å². The molecule has 2 aliphatic carbocycles. The van der Waals surface area contributed by atoms with Gasteiger partial charge >= 0.3 is 0 Å². The third-order valence-corrected chi connectivity index (χ3v) is 6.18. The first-order chi connectivity index (χ1) is 9.13. The molecule has 2 saturated carbocycles. The highest BCUT2D eigenvalue weighted by atomic mass is 32.2. The first kappa shape index (κ1) is 13.8. The minimum Gasteiger partial charge on any atom is -0.313 e. The smallest absolute Gasteiger partial charge is 0.215 e. The number of rotatable bonds is 7. The Balaban J connectivity index is 1.40. The maximum Gasteiger partial charge on any atom is 0.215 e. The van der Waals surface area contributed by atoms with Gasteiger partial charge in [-0.15, -0.1) is 0 Å². The van der Waals surface area contributed by atoms with E-state index in [1.54, 1.807) is 4.31 Å². The van der Waals surface area contributed by atoms with Crippen LogP contribution in [0, 0.1) is 5.92 Å². The van der Waals surface area contributed by atoms with Crippen LogP contribution in [-0.2, 0) is 10.0 Å². The van der Waals surface area contributed by atoms with Crippen LogP contribution in [0.2, 0.25) is 0 Å². The lowest BCUT2D eigenvalue weighted by molar-refractivity contribution is 0.182. The molecule has 0 bridgehead atoms. The van der Waals surface area contributed by atoms with E-state index in [1.165, 1.54) is 32.2 Å². The predicted molar refractivity (Wildman–Crippen MR) is 75.5 cm³/mol. The Bertz CT molecular complexity index is 396. The summed E-state index contributed by atoms with van der Waals surface area (Å²) in [5, 5.41) is 3.28. The molecule has 0 atom stereocenters. The molecule has 3 aliphatic rings. The molecule has 3 rings (SSSR count).